The van der Waals surface area contributed by atoms with E-state index in [1.165, 1.54) is 24.3 Å². The molecule has 0 unspecified atom stereocenters. The molecule has 0 aliphatic heterocycles. The molecular weight excluding hydrogens is 604 g/mol. The highest BCUT2D eigenvalue weighted by molar-refractivity contribution is 6.15. The molecule has 2 aromatic heterocycles. The Hall–Kier alpha value is -6.26. The zero-order chi connectivity index (χ0) is 32.1. The van der Waals surface area contributed by atoms with Crippen molar-refractivity contribution in [1.29, 1.82) is 21.0 Å². The van der Waals surface area contributed by atoms with Crippen LogP contribution in [0.25, 0.3) is 55.6 Å². The predicted octanol–water partition coefficient (Wildman–Crippen LogP) is 6.01. The highest BCUT2D eigenvalue weighted by atomic mass is 19.4. The van der Waals surface area contributed by atoms with Crippen molar-refractivity contribution in [3.63, 3.8) is 0 Å². The molecule has 0 fully saturated rings. The fourth-order valence-electron chi connectivity index (χ4n) is 4.32. The van der Waals surface area contributed by atoms with E-state index in [1.807, 2.05) is 0 Å². The monoisotopic (exact) mass is 610 g/mol. The molecule has 0 saturated heterocycles. The van der Waals surface area contributed by atoms with Gasteiger partial charge in [-0.15, -0.1) is 0 Å². The van der Waals surface area contributed by atoms with Crippen molar-refractivity contribution in [2.24, 2.45) is 0 Å². The Morgan fingerprint density at radius 2 is 0.932 bits per heavy atom. The highest BCUT2D eigenvalue weighted by Crippen LogP contribution is 2.44. The van der Waals surface area contributed by atoms with Crippen LogP contribution in [-0.2, 0) is 12.4 Å². The maximum Gasteiger partial charge on any atom is 0.419 e. The molecule has 0 radical (unpaired) electrons. The van der Waals surface area contributed by atoms with Crippen LogP contribution in [0, 0.1) is 57.0 Å². The third-order valence-electron chi connectivity index (χ3n) is 6.18. The molecule has 0 bridgehead atoms. The van der Waals surface area contributed by atoms with Gasteiger partial charge in [0.2, 0.25) is 11.1 Å². The molecule has 5 rings (SSSR count). The molecule has 2 heterocycles. The Kier molecular flexibility index (Phi) is 6.80. The van der Waals surface area contributed by atoms with E-state index in [1.54, 1.807) is 0 Å². The standard InChI is InChI=1S/C28H6F8N6O2/c29-17-5-11(1-3-15(17)27(31,32)33)19-21-24(44-25(41-21)13(7-37)8-38)20(12-2-4-16(18(30)6-12)28(34,35)36)22-23(19)43-26(42-22)14(9-39)10-40/h1-6H. The van der Waals surface area contributed by atoms with Gasteiger partial charge in [-0.25, -0.2) is 18.7 Å². The van der Waals surface area contributed by atoms with Gasteiger partial charge in [-0.2, -0.15) is 47.4 Å². The third-order valence-corrected chi connectivity index (χ3v) is 6.18. The van der Waals surface area contributed by atoms with Gasteiger partial charge in [-0.3, -0.25) is 0 Å². The van der Waals surface area contributed by atoms with Crippen molar-refractivity contribution in [3.05, 3.63) is 70.3 Å². The number of nitrogens with zero attached hydrogens (tertiary/aromatic N) is 6. The Morgan fingerprint density at radius 3 is 1.20 bits per heavy atom. The largest absolute Gasteiger partial charge is 0.434 e. The summed E-state index contributed by atoms with van der Waals surface area (Å²) in [6.07, 6.45) is -10.2. The number of benzene rings is 3. The second-order valence-corrected chi connectivity index (χ2v) is 8.73. The van der Waals surface area contributed by atoms with Gasteiger partial charge in [0.1, 0.15) is 46.9 Å². The summed E-state index contributed by atoms with van der Waals surface area (Å²) < 4.78 is 120. The lowest BCUT2D eigenvalue weighted by Gasteiger charge is -2.12. The van der Waals surface area contributed by atoms with Gasteiger partial charge in [0.05, 0.1) is 22.3 Å². The molecule has 0 saturated carbocycles. The molecule has 3 aromatic carbocycles. The molecule has 0 amide bonds. The average Bonchev–Trinajstić information content (AvgIpc) is 3.56. The minimum absolute atomic E-state index is 0.357. The first-order valence-corrected chi connectivity index (χ1v) is 11.6. The summed E-state index contributed by atoms with van der Waals surface area (Å²) in [5.74, 6) is -3.48. The van der Waals surface area contributed by atoms with Crippen molar-refractivity contribution in [2.75, 3.05) is 0 Å². The molecule has 0 aliphatic rings. The van der Waals surface area contributed by atoms with Crippen LogP contribution in [0.5, 0.6) is 0 Å². The van der Waals surface area contributed by atoms with Gasteiger partial charge in [-0.05, 0) is 35.4 Å². The lowest BCUT2D eigenvalue weighted by molar-refractivity contribution is -0.140. The van der Waals surface area contributed by atoms with Crippen molar-refractivity contribution < 1.29 is 44.0 Å². The molecule has 0 spiro atoms. The van der Waals surface area contributed by atoms with Crippen LogP contribution >= 0.6 is 0 Å². The lowest BCUT2D eigenvalue weighted by Crippen LogP contribution is -2.08. The number of rotatable bonds is 2. The fraction of sp³-hybridized carbons (Fsp3) is 0.0714. The van der Waals surface area contributed by atoms with Crippen LogP contribution in [0.2, 0.25) is 0 Å². The van der Waals surface area contributed by atoms with E-state index >= 15 is 0 Å². The van der Waals surface area contributed by atoms with E-state index in [9.17, 15) is 56.2 Å². The van der Waals surface area contributed by atoms with Gasteiger partial charge in [0, 0.05) is 0 Å². The summed E-state index contributed by atoms with van der Waals surface area (Å²) in [6.45, 7) is 0. The van der Waals surface area contributed by atoms with E-state index in [-0.39, 0.29) is 22.3 Å². The van der Waals surface area contributed by atoms with E-state index in [4.69, 9.17) is 8.83 Å². The fourth-order valence-corrected chi connectivity index (χ4v) is 4.32. The summed E-state index contributed by atoms with van der Waals surface area (Å²) in [7, 11) is 0. The van der Waals surface area contributed by atoms with E-state index < -0.39 is 79.6 Å². The van der Waals surface area contributed by atoms with Crippen LogP contribution in [0.4, 0.5) is 35.1 Å². The first-order valence-electron chi connectivity index (χ1n) is 11.6. The predicted molar refractivity (Wildman–Crippen MR) is 131 cm³/mol. The Morgan fingerprint density at radius 1 is 0.591 bits per heavy atom. The van der Waals surface area contributed by atoms with Crippen LogP contribution in [-0.4, -0.2) is 9.97 Å². The smallest absolute Gasteiger partial charge is 0.419 e. The first kappa shape index (κ1) is 29.2. The molecule has 16 heteroatoms. The van der Waals surface area contributed by atoms with Crippen LogP contribution < -0.4 is 11.1 Å². The van der Waals surface area contributed by atoms with E-state index in [0.29, 0.717) is 24.3 Å². The number of nitriles is 4. The Balaban J connectivity index is 2.04. The number of hydrogen-bond acceptors (Lipinski definition) is 8. The van der Waals surface area contributed by atoms with E-state index in [2.05, 4.69) is 9.97 Å². The van der Waals surface area contributed by atoms with Gasteiger partial charge in [0.15, 0.2) is 22.3 Å². The minimum Gasteiger partial charge on any atom is -0.434 e. The van der Waals surface area contributed by atoms with Gasteiger partial charge < -0.3 is 8.83 Å². The summed E-state index contributed by atoms with van der Waals surface area (Å²) in [5, 5.41) is 37.4. The molecule has 5 aromatic rings. The number of hydrogen-bond donors (Lipinski definition) is 0. The summed E-state index contributed by atoms with van der Waals surface area (Å²) in [6, 6.07) is 9.32. The lowest BCUT2D eigenvalue weighted by atomic mass is 9.95. The Labute approximate surface area is 237 Å². The molecule has 0 atom stereocenters. The van der Waals surface area contributed by atoms with Crippen LogP contribution in [0.1, 0.15) is 11.1 Å². The summed E-state index contributed by atoms with van der Waals surface area (Å²) in [5.41, 5.74) is -9.31. The number of halogens is 8. The van der Waals surface area contributed by atoms with Crippen molar-refractivity contribution in [2.45, 2.75) is 12.4 Å². The maximum atomic E-state index is 14.7. The quantitative estimate of drug-likeness (QED) is 0.221. The van der Waals surface area contributed by atoms with Crippen LogP contribution in [0.15, 0.2) is 45.2 Å². The van der Waals surface area contributed by atoms with Crippen molar-refractivity contribution in [1.82, 2.24) is 9.97 Å². The van der Waals surface area contributed by atoms with Gasteiger partial charge in [-0.1, -0.05) is 12.1 Å². The van der Waals surface area contributed by atoms with Crippen LogP contribution in [0.3, 0.4) is 0 Å². The Bertz CT molecular complexity index is 2080. The third kappa shape index (κ3) is 4.71. The molecule has 0 N–H and O–H groups in total. The summed E-state index contributed by atoms with van der Waals surface area (Å²) >= 11 is 0. The second-order valence-electron chi connectivity index (χ2n) is 8.73. The maximum absolute atomic E-state index is 14.7. The van der Waals surface area contributed by atoms with E-state index in [0.717, 1.165) is 12.1 Å². The van der Waals surface area contributed by atoms with Crippen molar-refractivity contribution in [3.8, 4) is 46.5 Å². The normalized spacial score (nSPS) is 11.5. The molecule has 44 heavy (non-hydrogen) atoms. The first-order chi connectivity index (χ1) is 20.7. The zero-order valence-electron chi connectivity index (χ0n) is 21.0. The number of alkyl halides is 6. The van der Waals surface area contributed by atoms with Crippen molar-refractivity contribution >= 4 is 33.3 Å². The molecule has 8 nitrogen and oxygen atoms in total. The van der Waals surface area contributed by atoms with Gasteiger partial charge in [0.25, 0.3) is 0 Å². The molecular formula is C28H6F8N6O2. The molecule has 216 valence electrons. The summed E-state index contributed by atoms with van der Waals surface area (Å²) in [4.78, 5) is 8.10. The SMILES string of the molecule is N#CC(C#N)=c1nc2c(-c3ccc(C(F)(F)F)c(F)c3)c3oc(=C(C#N)C#N)nc3c(-c3ccc(C(F)(F)F)c(F)c3)c2o1. The number of oxazole rings is 2. The zero-order valence-corrected chi connectivity index (χ0v) is 21.0. The molecule has 0 aliphatic carbocycles. The average molecular weight is 610 g/mol. The number of fused-ring (bicyclic) bond motifs is 2. The second kappa shape index (κ2) is 10.2. The topological polar surface area (TPSA) is 147 Å². The highest BCUT2D eigenvalue weighted by Gasteiger charge is 2.36. The van der Waals surface area contributed by atoms with Gasteiger partial charge >= 0.3 is 12.4 Å². The minimum atomic E-state index is -5.09. The number of aromatic nitrogens is 2.